The SMILES string of the molecule is O=C1CN(c2ccc(Cl)cc2Cl)C2=C(CCCC2=O)N1. The highest BCUT2D eigenvalue weighted by Crippen LogP contribution is 2.35. The van der Waals surface area contributed by atoms with E-state index in [-0.39, 0.29) is 18.2 Å². The van der Waals surface area contributed by atoms with Gasteiger partial charge in [0.25, 0.3) is 0 Å². The molecule has 20 heavy (non-hydrogen) atoms. The first-order valence-electron chi connectivity index (χ1n) is 6.35. The van der Waals surface area contributed by atoms with Gasteiger partial charge < -0.3 is 10.2 Å². The number of nitrogens with zero attached hydrogens (tertiary/aromatic N) is 1. The molecule has 0 unspecified atom stereocenters. The van der Waals surface area contributed by atoms with E-state index in [9.17, 15) is 9.59 Å². The predicted octanol–water partition coefficient (Wildman–Crippen LogP) is 2.89. The summed E-state index contributed by atoms with van der Waals surface area (Å²) in [4.78, 5) is 25.7. The largest absolute Gasteiger partial charge is 0.326 e. The van der Waals surface area contributed by atoms with Crippen molar-refractivity contribution < 1.29 is 9.59 Å². The van der Waals surface area contributed by atoms with Gasteiger partial charge in [0.15, 0.2) is 5.78 Å². The predicted molar refractivity (Wildman–Crippen MR) is 77.8 cm³/mol. The van der Waals surface area contributed by atoms with Crippen LogP contribution in [0.1, 0.15) is 19.3 Å². The first kappa shape index (κ1) is 13.5. The van der Waals surface area contributed by atoms with Gasteiger partial charge in [0.2, 0.25) is 5.91 Å². The molecule has 1 aliphatic carbocycles. The van der Waals surface area contributed by atoms with Crippen molar-refractivity contribution in [1.82, 2.24) is 5.32 Å². The molecule has 1 amide bonds. The van der Waals surface area contributed by atoms with Gasteiger partial charge in [-0.25, -0.2) is 0 Å². The summed E-state index contributed by atoms with van der Waals surface area (Å²) in [6.07, 6.45) is 1.96. The van der Waals surface area contributed by atoms with Gasteiger partial charge in [0.1, 0.15) is 12.2 Å². The van der Waals surface area contributed by atoms with Crippen molar-refractivity contribution in [3.05, 3.63) is 39.6 Å². The number of carbonyl (C=O) groups excluding carboxylic acids is 2. The summed E-state index contributed by atoms with van der Waals surface area (Å²) in [6.45, 7) is 0.0892. The Labute approximate surface area is 126 Å². The third-order valence-electron chi connectivity index (χ3n) is 3.44. The Balaban J connectivity index is 2.10. The number of nitrogens with one attached hydrogen (secondary N) is 1. The van der Waals surface area contributed by atoms with Gasteiger partial charge in [-0.2, -0.15) is 0 Å². The maximum absolute atomic E-state index is 12.2. The normalized spacial score (nSPS) is 19.0. The summed E-state index contributed by atoms with van der Waals surface area (Å²) in [5, 5.41) is 3.73. The number of benzene rings is 1. The van der Waals surface area contributed by atoms with E-state index in [1.54, 1.807) is 23.1 Å². The van der Waals surface area contributed by atoms with Gasteiger partial charge in [0, 0.05) is 17.1 Å². The number of Topliss-reactive ketones (excluding diaryl/α,β-unsaturated/α-hetero) is 1. The molecule has 0 saturated carbocycles. The Hall–Kier alpha value is -1.52. The summed E-state index contributed by atoms with van der Waals surface area (Å²) in [5.41, 5.74) is 1.89. The molecule has 0 atom stereocenters. The van der Waals surface area contributed by atoms with Crippen LogP contribution in [0.3, 0.4) is 0 Å². The van der Waals surface area contributed by atoms with Crippen molar-refractivity contribution in [2.24, 2.45) is 0 Å². The Kier molecular flexibility index (Phi) is 3.44. The van der Waals surface area contributed by atoms with E-state index in [0.717, 1.165) is 6.42 Å². The number of amides is 1. The zero-order valence-electron chi connectivity index (χ0n) is 10.6. The number of hydrogen-bond acceptors (Lipinski definition) is 3. The zero-order valence-corrected chi connectivity index (χ0v) is 12.1. The maximum Gasteiger partial charge on any atom is 0.244 e. The molecular formula is C14H12Cl2N2O2. The fourth-order valence-electron chi connectivity index (χ4n) is 2.60. The molecule has 104 valence electrons. The van der Waals surface area contributed by atoms with Crippen molar-refractivity contribution in [2.45, 2.75) is 19.3 Å². The number of carbonyl (C=O) groups is 2. The topological polar surface area (TPSA) is 49.4 Å². The molecule has 0 aromatic heterocycles. The Morgan fingerprint density at radius 1 is 1.15 bits per heavy atom. The molecule has 0 fully saturated rings. The van der Waals surface area contributed by atoms with E-state index < -0.39 is 0 Å². The van der Waals surface area contributed by atoms with Crippen LogP contribution in [0.4, 0.5) is 5.69 Å². The van der Waals surface area contributed by atoms with Crippen LogP contribution in [0, 0.1) is 0 Å². The van der Waals surface area contributed by atoms with Crippen LogP contribution in [-0.4, -0.2) is 18.2 Å². The molecule has 1 N–H and O–H groups in total. The van der Waals surface area contributed by atoms with E-state index in [1.807, 2.05) is 0 Å². The molecular weight excluding hydrogens is 299 g/mol. The molecule has 1 heterocycles. The van der Waals surface area contributed by atoms with Crippen molar-refractivity contribution in [3.63, 3.8) is 0 Å². The van der Waals surface area contributed by atoms with Gasteiger partial charge >= 0.3 is 0 Å². The Bertz CT molecular complexity index is 640. The van der Waals surface area contributed by atoms with Crippen molar-refractivity contribution in [3.8, 4) is 0 Å². The smallest absolute Gasteiger partial charge is 0.244 e. The van der Waals surface area contributed by atoms with Crippen LogP contribution in [0.25, 0.3) is 0 Å². The third-order valence-corrected chi connectivity index (χ3v) is 3.98. The Morgan fingerprint density at radius 2 is 1.95 bits per heavy atom. The maximum atomic E-state index is 12.2. The molecule has 0 bridgehead atoms. The molecule has 0 radical (unpaired) electrons. The number of halogens is 2. The first-order valence-corrected chi connectivity index (χ1v) is 7.10. The molecule has 4 nitrogen and oxygen atoms in total. The molecule has 2 aliphatic rings. The second kappa shape index (κ2) is 5.11. The van der Waals surface area contributed by atoms with Crippen LogP contribution < -0.4 is 10.2 Å². The van der Waals surface area contributed by atoms with E-state index in [0.29, 0.717) is 40.0 Å². The summed E-state index contributed by atoms with van der Waals surface area (Å²) in [5.74, 6) is -0.0956. The summed E-state index contributed by atoms with van der Waals surface area (Å²) in [7, 11) is 0. The molecule has 1 aromatic carbocycles. The standard InChI is InChI=1S/C14H12Cl2N2O2/c15-8-4-5-11(9(16)6-8)18-7-13(20)17-10-2-1-3-12(19)14(10)18/h4-6H,1-3,7H2,(H,17,20). The molecule has 0 saturated heterocycles. The van der Waals surface area contributed by atoms with Crippen LogP contribution in [-0.2, 0) is 9.59 Å². The average Bonchev–Trinajstić information content (AvgIpc) is 2.37. The van der Waals surface area contributed by atoms with Gasteiger partial charge in [-0.1, -0.05) is 23.2 Å². The van der Waals surface area contributed by atoms with Crippen molar-refractivity contribution in [2.75, 3.05) is 11.4 Å². The number of anilines is 1. The lowest BCUT2D eigenvalue weighted by atomic mass is 9.96. The molecule has 0 spiro atoms. The number of allylic oxidation sites excluding steroid dienone is 2. The van der Waals surface area contributed by atoms with Gasteiger partial charge in [-0.05, 0) is 31.0 Å². The number of ketones is 1. The minimum atomic E-state index is -0.135. The molecule has 6 heteroatoms. The van der Waals surface area contributed by atoms with Gasteiger partial charge in [-0.15, -0.1) is 0 Å². The number of rotatable bonds is 1. The molecule has 3 rings (SSSR count). The van der Waals surface area contributed by atoms with Gasteiger partial charge in [0.05, 0.1) is 10.7 Å². The Morgan fingerprint density at radius 3 is 2.70 bits per heavy atom. The van der Waals surface area contributed by atoms with Crippen LogP contribution >= 0.6 is 23.2 Å². The fourth-order valence-corrected chi connectivity index (χ4v) is 3.11. The summed E-state index contributed by atoms with van der Waals surface area (Å²) < 4.78 is 0. The average molecular weight is 311 g/mol. The van der Waals surface area contributed by atoms with E-state index in [2.05, 4.69) is 5.32 Å². The lowest BCUT2D eigenvalue weighted by molar-refractivity contribution is -0.120. The fraction of sp³-hybridized carbons (Fsp3) is 0.286. The quantitative estimate of drug-likeness (QED) is 0.867. The monoisotopic (exact) mass is 310 g/mol. The second-order valence-corrected chi connectivity index (χ2v) is 5.68. The van der Waals surface area contributed by atoms with E-state index >= 15 is 0 Å². The minimum Gasteiger partial charge on any atom is -0.326 e. The lowest BCUT2D eigenvalue weighted by Gasteiger charge is -2.35. The summed E-state index contributed by atoms with van der Waals surface area (Å²) in [6, 6.07) is 5.04. The number of hydrogen-bond donors (Lipinski definition) is 1. The first-order chi connectivity index (χ1) is 9.56. The van der Waals surface area contributed by atoms with Gasteiger partial charge in [-0.3, -0.25) is 9.59 Å². The second-order valence-electron chi connectivity index (χ2n) is 4.83. The van der Waals surface area contributed by atoms with Crippen LogP contribution in [0.5, 0.6) is 0 Å². The molecule has 1 aromatic rings. The third kappa shape index (κ3) is 2.30. The highest BCUT2D eigenvalue weighted by molar-refractivity contribution is 6.36. The van der Waals surface area contributed by atoms with E-state index in [1.165, 1.54) is 0 Å². The highest BCUT2D eigenvalue weighted by atomic mass is 35.5. The molecule has 1 aliphatic heterocycles. The van der Waals surface area contributed by atoms with Crippen LogP contribution in [0.15, 0.2) is 29.6 Å². The zero-order chi connectivity index (χ0) is 14.3. The summed E-state index contributed by atoms with van der Waals surface area (Å²) >= 11 is 12.1. The van der Waals surface area contributed by atoms with Crippen molar-refractivity contribution in [1.29, 1.82) is 0 Å². The van der Waals surface area contributed by atoms with E-state index in [4.69, 9.17) is 23.2 Å². The minimum absolute atomic E-state index is 0.0391. The van der Waals surface area contributed by atoms with Crippen LogP contribution in [0.2, 0.25) is 10.0 Å². The highest BCUT2D eigenvalue weighted by Gasteiger charge is 2.33. The lowest BCUT2D eigenvalue weighted by Crippen LogP contribution is -2.47. The van der Waals surface area contributed by atoms with Crippen molar-refractivity contribution >= 4 is 40.6 Å².